The van der Waals surface area contributed by atoms with Gasteiger partial charge in [0.05, 0.1) is 5.92 Å². The molecular weight excluding hydrogens is 236 g/mol. The van der Waals surface area contributed by atoms with Gasteiger partial charge in [-0.25, -0.2) is 4.79 Å². The molecule has 0 spiro atoms. The van der Waals surface area contributed by atoms with Crippen LogP contribution in [0.2, 0.25) is 0 Å². The quantitative estimate of drug-likeness (QED) is 0.652. The molecule has 1 rings (SSSR count). The second kappa shape index (κ2) is 7.20. The molecule has 0 aromatic rings. The molecule has 1 aliphatic carbocycles. The lowest BCUT2D eigenvalue weighted by Crippen LogP contribution is -2.44. The number of carboxylic acids is 1. The van der Waals surface area contributed by atoms with E-state index < -0.39 is 5.97 Å². The summed E-state index contributed by atoms with van der Waals surface area (Å²) in [5.41, 5.74) is 0. The van der Waals surface area contributed by atoms with Crippen LogP contribution in [0.15, 0.2) is 0 Å². The molecule has 0 heterocycles. The Kier molecular flexibility index (Phi) is 5.91. The minimum atomic E-state index is -0.778. The summed E-state index contributed by atoms with van der Waals surface area (Å²) in [6, 6.07) is -0.205. The Hall–Kier alpha value is -1.30. The van der Waals surface area contributed by atoms with E-state index in [1.165, 1.54) is 0 Å². The van der Waals surface area contributed by atoms with Crippen LogP contribution in [0.1, 0.15) is 32.6 Å². The normalized spacial score (nSPS) is 22.8. The van der Waals surface area contributed by atoms with Gasteiger partial charge in [-0.1, -0.05) is 0 Å². The van der Waals surface area contributed by atoms with Crippen molar-refractivity contribution < 1.29 is 19.8 Å². The lowest BCUT2D eigenvalue weighted by Gasteiger charge is -2.23. The van der Waals surface area contributed by atoms with Crippen molar-refractivity contribution in [2.45, 2.75) is 38.6 Å². The topological polar surface area (TPSA) is 89.9 Å². The first-order chi connectivity index (χ1) is 8.58. The van der Waals surface area contributed by atoms with Gasteiger partial charge in [0, 0.05) is 25.7 Å². The summed E-state index contributed by atoms with van der Waals surface area (Å²) in [4.78, 5) is 24.3. The van der Waals surface area contributed by atoms with Crippen LogP contribution in [0.5, 0.6) is 0 Å². The molecule has 0 unspecified atom stereocenters. The van der Waals surface area contributed by atoms with Crippen molar-refractivity contribution in [3.63, 3.8) is 0 Å². The summed E-state index contributed by atoms with van der Waals surface area (Å²) in [6.07, 6.45) is 2.42. The maximum absolute atomic E-state index is 11.9. The van der Waals surface area contributed by atoms with Gasteiger partial charge in [0.15, 0.2) is 0 Å². The molecule has 18 heavy (non-hydrogen) atoms. The average molecular weight is 258 g/mol. The highest BCUT2D eigenvalue weighted by molar-refractivity contribution is 5.75. The molecule has 0 radical (unpaired) electrons. The van der Waals surface area contributed by atoms with E-state index in [9.17, 15) is 9.59 Å². The second-order valence-electron chi connectivity index (χ2n) is 4.65. The summed E-state index contributed by atoms with van der Waals surface area (Å²) in [5.74, 6) is -1.11. The molecule has 2 amide bonds. The smallest absolute Gasteiger partial charge is 0.317 e. The number of nitrogens with one attached hydrogen (secondary N) is 1. The fourth-order valence-corrected chi connectivity index (χ4v) is 2.27. The lowest BCUT2D eigenvalue weighted by atomic mass is 10.1. The molecule has 6 nitrogen and oxygen atoms in total. The van der Waals surface area contributed by atoms with Crippen molar-refractivity contribution in [3.8, 4) is 0 Å². The van der Waals surface area contributed by atoms with E-state index >= 15 is 0 Å². The van der Waals surface area contributed by atoms with Gasteiger partial charge in [0.2, 0.25) is 0 Å². The molecule has 1 saturated carbocycles. The van der Waals surface area contributed by atoms with E-state index in [1.807, 2.05) is 6.92 Å². The summed E-state index contributed by atoms with van der Waals surface area (Å²) in [5, 5.41) is 20.5. The van der Waals surface area contributed by atoms with Gasteiger partial charge in [-0.2, -0.15) is 0 Å². The summed E-state index contributed by atoms with van der Waals surface area (Å²) in [6.45, 7) is 3.05. The van der Waals surface area contributed by atoms with Gasteiger partial charge >= 0.3 is 12.0 Å². The number of aliphatic hydroxyl groups is 1. The van der Waals surface area contributed by atoms with Crippen LogP contribution in [-0.4, -0.2) is 52.9 Å². The van der Waals surface area contributed by atoms with Crippen LogP contribution < -0.4 is 5.32 Å². The minimum absolute atomic E-state index is 0.0400. The van der Waals surface area contributed by atoms with Crippen molar-refractivity contribution in [1.82, 2.24) is 10.2 Å². The molecule has 6 heteroatoms. The number of carbonyl (C=O) groups excluding carboxylic acids is 1. The molecule has 1 aliphatic rings. The molecule has 2 atom stereocenters. The lowest BCUT2D eigenvalue weighted by molar-refractivity contribution is -0.141. The van der Waals surface area contributed by atoms with E-state index in [1.54, 1.807) is 4.90 Å². The number of aliphatic hydroxyl groups excluding tert-OH is 1. The Morgan fingerprint density at radius 3 is 2.61 bits per heavy atom. The molecular formula is C12H22N2O4. The van der Waals surface area contributed by atoms with Crippen LogP contribution in [0.4, 0.5) is 4.79 Å². The minimum Gasteiger partial charge on any atom is -0.481 e. The zero-order valence-electron chi connectivity index (χ0n) is 10.8. The Balaban J connectivity index is 2.37. The summed E-state index contributed by atoms with van der Waals surface area (Å²) in [7, 11) is 0. The second-order valence-corrected chi connectivity index (χ2v) is 4.65. The zero-order chi connectivity index (χ0) is 13.5. The van der Waals surface area contributed by atoms with Crippen molar-refractivity contribution in [1.29, 1.82) is 0 Å². The number of hydrogen-bond donors (Lipinski definition) is 3. The number of nitrogens with zero attached hydrogens (tertiary/aromatic N) is 1. The molecule has 0 bridgehead atoms. The first-order valence-corrected chi connectivity index (χ1v) is 6.47. The standard InChI is InChI=1S/C12H22N2O4/c1-2-14(6-3-7-15)12(18)13-10-5-4-9(8-10)11(16)17/h9-10,15H,2-8H2,1H3,(H,13,18)(H,16,17)/t9-,10+/m1/s1. The number of rotatable bonds is 6. The molecule has 0 saturated heterocycles. The van der Waals surface area contributed by atoms with Crippen LogP contribution >= 0.6 is 0 Å². The highest BCUT2D eigenvalue weighted by Crippen LogP contribution is 2.25. The number of carbonyl (C=O) groups is 2. The Morgan fingerprint density at radius 2 is 2.11 bits per heavy atom. The van der Waals surface area contributed by atoms with E-state index in [-0.39, 0.29) is 24.6 Å². The predicted molar refractivity (Wildman–Crippen MR) is 66.2 cm³/mol. The number of urea groups is 1. The maximum Gasteiger partial charge on any atom is 0.317 e. The SMILES string of the molecule is CCN(CCCO)C(=O)N[C@H]1CC[C@@H](C(=O)O)C1. The summed E-state index contributed by atoms with van der Waals surface area (Å²) >= 11 is 0. The molecule has 0 aromatic carbocycles. The number of hydrogen-bond acceptors (Lipinski definition) is 3. The van der Waals surface area contributed by atoms with Gasteiger partial charge in [-0.15, -0.1) is 0 Å². The van der Waals surface area contributed by atoms with E-state index in [0.717, 1.165) is 6.42 Å². The summed E-state index contributed by atoms with van der Waals surface area (Å²) < 4.78 is 0. The average Bonchev–Trinajstić information content (AvgIpc) is 2.78. The third-order valence-electron chi connectivity index (χ3n) is 3.36. The molecule has 3 N–H and O–H groups in total. The van der Waals surface area contributed by atoms with Crippen LogP contribution in [0, 0.1) is 5.92 Å². The maximum atomic E-state index is 11.9. The number of carboxylic acid groups (broad SMARTS) is 1. The van der Waals surface area contributed by atoms with Gasteiger partial charge in [-0.05, 0) is 32.6 Å². The molecule has 1 fully saturated rings. The number of aliphatic carboxylic acids is 1. The van der Waals surface area contributed by atoms with E-state index in [0.29, 0.717) is 32.4 Å². The van der Waals surface area contributed by atoms with E-state index in [4.69, 9.17) is 10.2 Å². The van der Waals surface area contributed by atoms with Crippen molar-refractivity contribution >= 4 is 12.0 Å². The first-order valence-electron chi connectivity index (χ1n) is 6.47. The number of amides is 2. The van der Waals surface area contributed by atoms with Crippen LogP contribution in [0.3, 0.4) is 0 Å². The Bertz CT molecular complexity index is 296. The molecule has 0 aromatic heterocycles. The Morgan fingerprint density at radius 1 is 1.39 bits per heavy atom. The van der Waals surface area contributed by atoms with Crippen LogP contribution in [0.25, 0.3) is 0 Å². The van der Waals surface area contributed by atoms with Gasteiger partial charge in [0.1, 0.15) is 0 Å². The first kappa shape index (κ1) is 14.8. The third kappa shape index (κ3) is 4.18. The highest BCUT2D eigenvalue weighted by Gasteiger charge is 2.31. The van der Waals surface area contributed by atoms with Crippen molar-refractivity contribution in [3.05, 3.63) is 0 Å². The van der Waals surface area contributed by atoms with Gasteiger partial charge < -0.3 is 20.4 Å². The monoisotopic (exact) mass is 258 g/mol. The Labute approximate surface area is 107 Å². The third-order valence-corrected chi connectivity index (χ3v) is 3.36. The van der Waals surface area contributed by atoms with Gasteiger partial charge in [0.25, 0.3) is 0 Å². The van der Waals surface area contributed by atoms with Gasteiger partial charge in [-0.3, -0.25) is 4.79 Å². The fourth-order valence-electron chi connectivity index (χ4n) is 2.27. The molecule has 104 valence electrons. The molecule has 0 aliphatic heterocycles. The fraction of sp³-hybridized carbons (Fsp3) is 0.833. The van der Waals surface area contributed by atoms with Crippen molar-refractivity contribution in [2.75, 3.05) is 19.7 Å². The predicted octanol–water partition coefficient (Wildman–Crippen LogP) is 0.654. The van der Waals surface area contributed by atoms with Crippen molar-refractivity contribution in [2.24, 2.45) is 5.92 Å². The zero-order valence-corrected chi connectivity index (χ0v) is 10.8. The van der Waals surface area contributed by atoms with Crippen LogP contribution in [-0.2, 0) is 4.79 Å². The largest absolute Gasteiger partial charge is 0.481 e. The van der Waals surface area contributed by atoms with E-state index in [2.05, 4.69) is 5.32 Å². The highest BCUT2D eigenvalue weighted by atomic mass is 16.4.